The van der Waals surface area contributed by atoms with E-state index >= 15 is 0 Å². The van der Waals surface area contributed by atoms with Crippen LogP contribution < -0.4 is 0 Å². The number of hydrogen-bond donors (Lipinski definition) is 0. The quantitative estimate of drug-likeness (QED) is 0.399. The van der Waals surface area contributed by atoms with E-state index in [2.05, 4.69) is 18.7 Å². The summed E-state index contributed by atoms with van der Waals surface area (Å²) in [4.78, 5) is 2.75. The summed E-state index contributed by atoms with van der Waals surface area (Å²) >= 11 is 0. The fourth-order valence-electron chi connectivity index (χ4n) is 3.79. The molecular formula is C20H41NO. The molecule has 1 fully saturated rings. The monoisotopic (exact) mass is 311 g/mol. The molecule has 0 bridgehead atoms. The van der Waals surface area contributed by atoms with Crippen LogP contribution in [0.1, 0.15) is 97.3 Å². The van der Waals surface area contributed by atoms with Crippen molar-refractivity contribution in [2.75, 3.05) is 20.2 Å². The van der Waals surface area contributed by atoms with Gasteiger partial charge in [0, 0.05) is 19.7 Å². The van der Waals surface area contributed by atoms with Gasteiger partial charge in [-0.05, 0) is 32.2 Å². The summed E-state index contributed by atoms with van der Waals surface area (Å²) in [7, 11) is 1.88. The average Bonchev–Trinajstić information content (AvgIpc) is 2.56. The predicted molar refractivity (Wildman–Crippen MR) is 97.5 cm³/mol. The van der Waals surface area contributed by atoms with Gasteiger partial charge < -0.3 is 4.74 Å². The first-order chi connectivity index (χ1) is 10.8. The van der Waals surface area contributed by atoms with Crippen LogP contribution in [0.15, 0.2) is 0 Å². The van der Waals surface area contributed by atoms with Gasteiger partial charge in [-0.25, -0.2) is 0 Å². The van der Waals surface area contributed by atoms with Crippen molar-refractivity contribution in [2.45, 2.75) is 109 Å². The van der Waals surface area contributed by atoms with E-state index in [4.69, 9.17) is 4.74 Å². The molecule has 2 unspecified atom stereocenters. The van der Waals surface area contributed by atoms with Gasteiger partial charge in [-0.1, -0.05) is 71.6 Å². The van der Waals surface area contributed by atoms with Gasteiger partial charge >= 0.3 is 0 Å². The van der Waals surface area contributed by atoms with Crippen LogP contribution in [0, 0.1) is 0 Å². The number of likely N-dealkylation sites (tertiary alicyclic amines) is 1. The topological polar surface area (TPSA) is 12.5 Å². The van der Waals surface area contributed by atoms with E-state index in [0.29, 0.717) is 6.10 Å². The number of rotatable bonds is 13. The van der Waals surface area contributed by atoms with Crippen LogP contribution >= 0.6 is 0 Å². The van der Waals surface area contributed by atoms with E-state index in [-0.39, 0.29) is 0 Å². The van der Waals surface area contributed by atoms with Crippen LogP contribution in [0.25, 0.3) is 0 Å². The Hall–Kier alpha value is -0.0800. The molecule has 22 heavy (non-hydrogen) atoms. The molecule has 2 heteroatoms. The normalized spacial score (nSPS) is 21.1. The molecule has 0 amide bonds. The summed E-state index contributed by atoms with van der Waals surface area (Å²) in [5.74, 6) is 0. The summed E-state index contributed by atoms with van der Waals surface area (Å²) in [6.45, 7) is 7.07. The molecule has 0 aromatic heterocycles. The van der Waals surface area contributed by atoms with Gasteiger partial charge in [0.15, 0.2) is 0 Å². The lowest BCUT2D eigenvalue weighted by Gasteiger charge is -2.38. The highest BCUT2D eigenvalue weighted by Gasteiger charge is 2.25. The highest BCUT2D eigenvalue weighted by atomic mass is 16.5. The third-order valence-electron chi connectivity index (χ3n) is 5.29. The number of unbranched alkanes of at least 4 members (excludes halogenated alkanes) is 7. The van der Waals surface area contributed by atoms with E-state index in [1.165, 1.54) is 96.6 Å². The third-order valence-corrected chi connectivity index (χ3v) is 5.29. The van der Waals surface area contributed by atoms with Crippen LogP contribution in [0.5, 0.6) is 0 Å². The van der Waals surface area contributed by atoms with Gasteiger partial charge in [-0.3, -0.25) is 4.90 Å². The lowest BCUT2D eigenvalue weighted by Crippen LogP contribution is -2.45. The minimum Gasteiger partial charge on any atom is -0.380 e. The molecule has 0 aromatic rings. The van der Waals surface area contributed by atoms with Crippen molar-refractivity contribution in [1.29, 1.82) is 0 Å². The number of piperidine rings is 1. The number of hydrogen-bond acceptors (Lipinski definition) is 2. The molecule has 0 aliphatic carbocycles. The zero-order chi connectivity index (χ0) is 16.0. The molecule has 0 spiro atoms. The smallest absolute Gasteiger partial charge is 0.0698 e. The third kappa shape index (κ3) is 8.53. The Morgan fingerprint density at radius 2 is 1.50 bits per heavy atom. The average molecular weight is 312 g/mol. The molecule has 1 rings (SSSR count). The molecular weight excluding hydrogens is 270 g/mol. The van der Waals surface area contributed by atoms with Gasteiger partial charge in [0.1, 0.15) is 0 Å². The van der Waals surface area contributed by atoms with Crippen molar-refractivity contribution in [2.24, 2.45) is 0 Å². The maximum absolute atomic E-state index is 5.63. The fraction of sp³-hybridized carbons (Fsp3) is 1.00. The Bertz CT molecular complexity index is 244. The molecule has 1 aliphatic heterocycles. The highest BCUT2D eigenvalue weighted by Crippen LogP contribution is 2.23. The van der Waals surface area contributed by atoms with Crippen LogP contribution in [0.3, 0.4) is 0 Å². The van der Waals surface area contributed by atoms with Crippen molar-refractivity contribution in [3.05, 3.63) is 0 Å². The Morgan fingerprint density at radius 1 is 0.909 bits per heavy atom. The lowest BCUT2D eigenvalue weighted by molar-refractivity contribution is 0.0105. The number of ether oxygens (including phenoxy) is 1. The molecule has 0 saturated carbocycles. The zero-order valence-corrected chi connectivity index (χ0v) is 15.6. The fourth-order valence-corrected chi connectivity index (χ4v) is 3.79. The number of nitrogens with zero attached hydrogens (tertiary/aromatic N) is 1. The Labute approximate surface area is 140 Å². The first kappa shape index (κ1) is 20.0. The summed E-state index contributed by atoms with van der Waals surface area (Å²) in [5, 5.41) is 0. The summed E-state index contributed by atoms with van der Waals surface area (Å²) in [5.41, 5.74) is 0. The summed E-state index contributed by atoms with van der Waals surface area (Å²) < 4.78 is 5.63. The Kier molecular flexibility index (Phi) is 12.1. The van der Waals surface area contributed by atoms with Gasteiger partial charge in [0.05, 0.1) is 6.10 Å². The van der Waals surface area contributed by atoms with Crippen LogP contribution in [-0.2, 0) is 4.74 Å². The SMILES string of the molecule is CCCCCCCC(CCCCCC)N1CCCC(OC)C1. The van der Waals surface area contributed by atoms with Crippen LogP contribution in [0.4, 0.5) is 0 Å². The second-order valence-electron chi connectivity index (χ2n) is 7.20. The van der Waals surface area contributed by atoms with Gasteiger partial charge in [0.2, 0.25) is 0 Å². The molecule has 1 saturated heterocycles. The summed E-state index contributed by atoms with van der Waals surface area (Å²) in [6.07, 6.45) is 18.5. The minimum atomic E-state index is 0.479. The van der Waals surface area contributed by atoms with Gasteiger partial charge in [-0.15, -0.1) is 0 Å². The zero-order valence-electron chi connectivity index (χ0n) is 15.6. The summed E-state index contributed by atoms with van der Waals surface area (Å²) in [6, 6.07) is 0.816. The van der Waals surface area contributed by atoms with E-state index in [1.807, 2.05) is 7.11 Å². The molecule has 2 atom stereocenters. The van der Waals surface area contributed by atoms with Gasteiger partial charge in [0.25, 0.3) is 0 Å². The van der Waals surface area contributed by atoms with Gasteiger partial charge in [-0.2, -0.15) is 0 Å². The van der Waals surface area contributed by atoms with Crippen molar-refractivity contribution in [3.63, 3.8) is 0 Å². The standard InChI is InChI=1S/C20H41NO/c1-4-6-8-10-12-15-19(14-11-9-7-5-2)21-17-13-16-20(18-21)22-3/h19-20H,4-18H2,1-3H3. The van der Waals surface area contributed by atoms with Crippen molar-refractivity contribution in [3.8, 4) is 0 Å². The molecule has 132 valence electrons. The molecule has 0 radical (unpaired) electrons. The number of methoxy groups -OCH3 is 1. The second kappa shape index (κ2) is 13.4. The lowest BCUT2D eigenvalue weighted by atomic mass is 9.96. The van der Waals surface area contributed by atoms with E-state index in [9.17, 15) is 0 Å². The maximum Gasteiger partial charge on any atom is 0.0698 e. The van der Waals surface area contributed by atoms with Crippen LogP contribution in [0.2, 0.25) is 0 Å². The van der Waals surface area contributed by atoms with E-state index in [0.717, 1.165) is 6.04 Å². The van der Waals surface area contributed by atoms with Crippen LogP contribution in [-0.4, -0.2) is 37.2 Å². The molecule has 0 aromatic carbocycles. The maximum atomic E-state index is 5.63. The first-order valence-electron chi connectivity index (χ1n) is 10.1. The molecule has 0 N–H and O–H groups in total. The largest absolute Gasteiger partial charge is 0.380 e. The molecule has 1 heterocycles. The first-order valence-corrected chi connectivity index (χ1v) is 10.1. The second-order valence-corrected chi connectivity index (χ2v) is 7.20. The van der Waals surface area contributed by atoms with E-state index < -0.39 is 0 Å². The van der Waals surface area contributed by atoms with Crippen molar-refractivity contribution >= 4 is 0 Å². The van der Waals surface area contributed by atoms with E-state index in [1.54, 1.807) is 0 Å². The van der Waals surface area contributed by atoms with Crippen molar-refractivity contribution in [1.82, 2.24) is 4.90 Å². The van der Waals surface area contributed by atoms with Crippen molar-refractivity contribution < 1.29 is 4.74 Å². The minimum absolute atomic E-state index is 0.479. The Balaban J connectivity index is 2.34. The molecule has 1 aliphatic rings. The molecule has 2 nitrogen and oxygen atoms in total. The Morgan fingerprint density at radius 3 is 2.09 bits per heavy atom. The highest BCUT2D eigenvalue weighted by molar-refractivity contribution is 4.80. The predicted octanol–water partition coefficient (Wildman–Crippen LogP) is 5.80.